The number of cyclic esters (lactones) is 1. The average Bonchev–Trinajstić information content (AvgIpc) is 2.25. The van der Waals surface area contributed by atoms with Gasteiger partial charge in [0.1, 0.15) is 23.2 Å². The lowest BCUT2D eigenvalue weighted by Gasteiger charge is -2.36. The molecule has 1 N–H and O–H groups in total. The second kappa shape index (κ2) is 3.89. The fraction of sp³-hybridized carbons (Fsp3) is 0.533. The predicted octanol–water partition coefficient (Wildman–Crippen LogP) is 2.66. The Balaban J connectivity index is 2.17. The fourth-order valence-electron chi connectivity index (χ4n) is 2.99. The van der Waals surface area contributed by atoms with Crippen molar-refractivity contribution in [3.05, 3.63) is 22.8 Å². The van der Waals surface area contributed by atoms with Gasteiger partial charge in [-0.25, -0.2) is 0 Å². The molecule has 0 unspecified atom stereocenters. The highest BCUT2D eigenvalue weighted by atomic mass is 16.5. The van der Waals surface area contributed by atoms with Crippen LogP contribution in [0.2, 0.25) is 0 Å². The molecule has 4 heteroatoms. The molecule has 19 heavy (non-hydrogen) atoms. The van der Waals surface area contributed by atoms with Gasteiger partial charge in [-0.15, -0.1) is 0 Å². The molecule has 3 rings (SSSR count). The van der Waals surface area contributed by atoms with Gasteiger partial charge >= 0.3 is 5.97 Å². The minimum absolute atomic E-state index is 0.159. The molecule has 0 amide bonds. The van der Waals surface area contributed by atoms with E-state index in [9.17, 15) is 9.90 Å². The molecular formula is C15H18O4. The van der Waals surface area contributed by atoms with E-state index in [4.69, 9.17) is 9.47 Å². The first-order valence-corrected chi connectivity index (χ1v) is 6.63. The normalized spacial score (nSPS) is 23.9. The van der Waals surface area contributed by atoms with Crippen molar-refractivity contribution >= 4 is 5.97 Å². The summed E-state index contributed by atoms with van der Waals surface area (Å²) in [5.41, 5.74) is 2.46. The Hall–Kier alpha value is -1.71. The van der Waals surface area contributed by atoms with Crippen LogP contribution >= 0.6 is 0 Å². The lowest BCUT2D eigenvalue weighted by Crippen LogP contribution is -2.34. The van der Waals surface area contributed by atoms with Crippen molar-refractivity contribution in [2.24, 2.45) is 0 Å². The minimum Gasteiger partial charge on any atom is -0.507 e. The van der Waals surface area contributed by atoms with Crippen molar-refractivity contribution in [2.75, 3.05) is 0 Å². The zero-order chi connectivity index (χ0) is 13.8. The molecule has 0 spiro atoms. The van der Waals surface area contributed by atoms with Crippen LogP contribution in [0.15, 0.2) is 6.07 Å². The summed E-state index contributed by atoms with van der Waals surface area (Å²) in [4.78, 5) is 11.6. The number of ether oxygens (including phenoxy) is 2. The molecule has 0 aromatic heterocycles. The van der Waals surface area contributed by atoms with E-state index in [2.05, 4.69) is 0 Å². The molecule has 0 fully saturated rings. The Bertz CT molecular complexity index is 560. The van der Waals surface area contributed by atoms with Gasteiger partial charge in [-0.3, -0.25) is 4.79 Å². The van der Waals surface area contributed by atoms with Gasteiger partial charge in [-0.2, -0.15) is 0 Å². The molecule has 0 radical (unpaired) electrons. The van der Waals surface area contributed by atoms with Gasteiger partial charge < -0.3 is 14.6 Å². The molecule has 1 aromatic rings. The highest BCUT2D eigenvalue weighted by Crippen LogP contribution is 2.44. The molecule has 1 atom stereocenters. The average molecular weight is 262 g/mol. The van der Waals surface area contributed by atoms with Crippen molar-refractivity contribution in [2.45, 2.75) is 51.7 Å². The number of benzene rings is 1. The van der Waals surface area contributed by atoms with Gasteiger partial charge in [0.2, 0.25) is 0 Å². The number of rotatable bonds is 0. The first kappa shape index (κ1) is 12.3. The third-order valence-corrected chi connectivity index (χ3v) is 3.93. The summed E-state index contributed by atoms with van der Waals surface area (Å²) in [5, 5.41) is 10.2. The van der Waals surface area contributed by atoms with E-state index >= 15 is 0 Å². The second-order valence-electron chi connectivity index (χ2n) is 5.94. The molecule has 102 valence electrons. The summed E-state index contributed by atoms with van der Waals surface area (Å²) in [6.07, 6.45) is 1.60. The van der Waals surface area contributed by atoms with Crippen LogP contribution in [-0.2, 0) is 22.4 Å². The van der Waals surface area contributed by atoms with Crippen LogP contribution in [-0.4, -0.2) is 16.7 Å². The van der Waals surface area contributed by atoms with E-state index in [1.807, 2.05) is 13.8 Å². The number of aromatic hydroxyl groups is 1. The second-order valence-corrected chi connectivity index (χ2v) is 5.94. The van der Waals surface area contributed by atoms with Crippen molar-refractivity contribution < 1.29 is 19.4 Å². The SMILES string of the molecule is C[C@@H]1OC(=O)Cc2c3c(cc(O)c21)OC(C)(C)CC3. The van der Waals surface area contributed by atoms with Gasteiger partial charge in [-0.05, 0) is 44.7 Å². The Morgan fingerprint density at radius 1 is 1.37 bits per heavy atom. The number of phenols is 1. The van der Waals surface area contributed by atoms with Gasteiger partial charge in [0.25, 0.3) is 0 Å². The van der Waals surface area contributed by atoms with Crippen LogP contribution in [0.5, 0.6) is 11.5 Å². The summed E-state index contributed by atoms with van der Waals surface area (Å²) in [5.74, 6) is 0.624. The number of esters is 1. The number of fused-ring (bicyclic) bond motifs is 3. The predicted molar refractivity (Wildman–Crippen MR) is 69.3 cm³/mol. The molecule has 1 aromatic carbocycles. The summed E-state index contributed by atoms with van der Waals surface area (Å²) >= 11 is 0. The first-order chi connectivity index (χ1) is 8.87. The van der Waals surface area contributed by atoms with Crippen LogP contribution in [0.4, 0.5) is 0 Å². The molecule has 2 heterocycles. The molecule has 0 saturated heterocycles. The molecule has 2 aliphatic rings. The third kappa shape index (κ3) is 1.95. The van der Waals surface area contributed by atoms with E-state index in [-0.39, 0.29) is 23.7 Å². The van der Waals surface area contributed by atoms with Gasteiger partial charge in [-0.1, -0.05) is 0 Å². The number of carbonyl (C=O) groups excluding carboxylic acids is 1. The Kier molecular flexibility index (Phi) is 2.52. The minimum atomic E-state index is -0.392. The summed E-state index contributed by atoms with van der Waals surface area (Å²) in [6.45, 7) is 5.85. The lowest BCUT2D eigenvalue weighted by atomic mass is 9.85. The van der Waals surface area contributed by atoms with Crippen molar-refractivity contribution in [3.63, 3.8) is 0 Å². The van der Waals surface area contributed by atoms with Crippen LogP contribution in [0.1, 0.15) is 50.0 Å². The zero-order valence-electron chi connectivity index (χ0n) is 11.4. The van der Waals surface area contributed by atoms with Crippen LogP contribution in [0.25, 0.3) is 0 Å². The topological polar surface area (TPSA) is 55.8 Å². The third-order valence-electron chi connectivity index (χ3n) is 3.93. The molecule has 0 aliphatic carbocycles. The fourth-order valence-corrected chi connectivity index (χ4v) is 2.99. The molecule has 0 saturated carbocycles. The smallest absolute Gasteiger partial charge is 0.310 e. The van der Waals surface area contributed by atoms with Crippen LogP contribution in [0.3, 0.4) is 0 Å². The number of hydrogen-bond donors (Lipinski definition) is 1. The molecule has 4 nitrogen and oxygen atoms in total. The highest BCUT2D eigenvalue weighted by Gasteiger charge is 2.34. The van der Waals surface area contributed by atoms with Gasteiger partial charge in [0.15, 0.2) is 0 Å². The van der Waals surface area contributed by atoms with Gasteiger partial charge in [0.05, 0.1) is 6.42 Å². The Morgan fingerprint density at radius 3 is 2.84 bits per heavy atom. The van der Waals surface area contributed by atoms with Crippen LogP contribution in [0, 0.1) is 0 Å². The standard InChI is InChI=1S/C15H18O4/c1-8-14-10(6-13(17)18-8)9-4-5-15(2,3)19-12(9)7-11(14)16/h7-8,16H,4-6H2,1-3H3/t8-/m0/s1. The maximum Gasteiger partial charge on any atom is 0.310 e. The summed E-state index contributed by atoms with van der Waals surface area (Å²) < 4.78 is 11.1. The lowest BCUT2D eigenvalue weighted by molar-refractivity contribution is -0.149. The number of carbonyl (C=O) groups is 1. The van der Waals surface area contributed by atoms with E-state index in [1.165, 1.54) is 0 Å². The highest BCUT2D eigenvalue weighted by molar-refractivity contribution is 5.77. The van der Waals surface area contributed by atoms with Crippen molar-refractivity contribution in [3.8, 4) is 11.5 Å². The number of phenolic OH excluding ortho intramolecular Hbond substituents is 1. The van der Waals surface area contributed by atoms with E-state index < -0.39 is 6.10 Å². The van der Waals surface area contributed by atoms with Crippen LogP contribution < -0.4 is 4.74 Å². The van der Waals surface area contributed by atoms with Crippen molar-refractivity contribution in [1.82, 2.24) is 0 Å². The van der Waals surface area contributed by atoms with Gasteiger partial charge in [0, 0.05) is 11.6 Å². The summed E-state index contributed by atoms with van der Waals surface area (Å²) in [7, 11) is 0. The Morgan fingerprint density at radius 2 is 2.11 bits per heavy atom. The molecule has 0 bridgehead atoms. The maximum atomic E-state index is 11.6. The largest absolute Gasteiger partial charge is 0.507 e. The first-order valence-electron chi connectivity index (χ1n) is 6.63. The van der Waals surface area contributed by atoms with E-state index in [0.717, 1.165) is 29.5 Å². The van der Waals surface area contributed by atoms with Crippen molar-refractivity contribution in [1.29, 1.82) is 0 Å². The van der Waals surface area contributed by atoms with E-state index in [0.29, 0.717) is 5.75 Å². The Labute approximate surface area is 112 Å². The quantitative estimate of drug-likeness (QED) is 0.730. The molecule has 2 aliphatic heterocycles. The zero-order valence-corrected chi connectivity index (χ0v) is 11.4. The molecular weight excluding hydrogens is 244 g/mol. The summed E-state index contributed by atoms with van der Waals surface area (Å²) in [6, 6.07) is 1.66. The maximum absolute atomic E-state index is 11.6. The van der Waals surface area contributed by atoms with E-state index in [1.54, 1.807) is 13.0 Å². The number of hydrogen-bond acceptors (Lipinski definition) is 4. The monoisotopic (exact) mass is 262 g/mol.